The average Bonchev–Trinajstić information content (AvgIpc) is 3.43. The minimum absolute atomic E-state index is 0.166. The molecule has 1 aromatic carbocycles. The van der Waals surface area contributed by atoms with Crippen LogP contribution in [-0.4, -0.2) is 25.4 Å². The molecule has 34 heavy (non-hydrogen) atoms. The van der Waals surface area contributed by atoms with E-state index in [1.54, 1.807) is 10.8 Å². The minimum atomic E-state index is -0.542. The third-order valence-electron chi connectivity index (χ3n) is 6.46. The van der Waals surface area contributed by atoms with Crippen LogP contribution >= 0.6 is 0 Å². The quantitative estimate of drug-likeness (QED) is 0.412. The molecule has 8 heteroatoms. The summed E-state index contributed by atoms with van der Waals surface area (Å²) in [5.74, 6) is 0.100. The number of nitrogens with one attached hydrogen (secondary N) is 3. The molecule has 0 bridgehead atoms. The fourth-order valence-corrected chi connectivity index (χ4v) is 4.57. The molecule has 0 aliphatic carbocycles. The van der Waals surface area contributed by atoms with Crippen LogP contribution in [0.2, 0.25) is 0 Å². The zero-order valence-electron chi connectivity index (χ0n) is 19.6. The van der Waals surface area contributed by atoms with E-state index >= 15 is 0 Å². The summed E-state index contributed by atoms with van der Waals surface area (Å²) < 4.78 is 1.59. The molecule has 174 valence electrons. The molecule has 1 amide bonds. The number of benzene rings is 1. The predicted octanol–water partition coefficient (Wildman–Crippen LogP) is 3.46. The van der Waals surface area contributed by atoms with E-state index in [2.05, 4.69) is 43.8 Å². The van der Waals surface area contributed by atoms with E-state index in [1.165, 1.54) is 5.56 Å². The van der Waals surface area contributed by atoms with Crippen molar-refractivity contribution in [3.05, 3.63) is 86.9 Å². The number of aromatic nitrogens is 4. The van der Waals surface area contributed by atoms with E-state index < -0.39 is 6.04 Å². The van der Waals surface area contributed by atoms with Crippen molar-refractivity contribution in [1.82, 2.24) is 24.8 Å². The monoisotopic (exact) mass is 456 g/mol. The average molecular weight is 457 g/mol. The van der Waals surface area contributed by atoms with E-state index in [4.69, 9.17) is 0 Å². The maximum absolute atomic E-state index is 13.2. The van der Waals surface area contributed by atoms with Gasteiger partial charge >= 0.3 is 0 Å². The van der Waals surface area contributed by atoms with Crippen LogP contribution in [0, 0.1) is 20.8 Å². The second-order valence-corrected chi connectivity index (χ2v) is 9.04. The molecule has 5 rings (SSSR count). The summed E-state index contributed by atoms with van der Waals surface area (Å²) in [5, 5.41) is 7.16. The zero-order valence-corrected chi connectivity index (χ0v) is 19.6. The van der Waals surface area contributed by atoms with Gasteiger partial charge in [0.15, 0.2) is 5.82 Å². The maximum Gasteiger partial charge on any atom is 0.294 e. The number of rotatable bonds is 6. The van der Waals surface area contributed by atoms with Gasteiger partial charge in [-0.1, -0.05) is 23.8 Å². The number of carbonyl (C=O) groups is 1. The van der Waals surface area contributed by atoms with Crippen LogP contribution in [0.15, 0.2) is 47.5 Å². The number of nitrogens with zero attached hydrogens (tertiary/aromatic N) is 3. The smallest absolute Gasteiger partial charge is 0.294 e. The van der Waals surface area contributed by atoms with Crippen molar-refractivity contribution in [2.24, 2.45) is 0 Å². The molecular weight excluding hydrogens is 428 g/mol. The molecule has 0 unspecified atom stereocenters. The highest BCUT2D eigenvalue weighted by atomic mass is 16.2. The predicted molar refractivity (Wildman–Crippen MR) is 132 cm³/mol. The van der Waals surface area contributed by atoms with Gasteiger partial charge in [0.05, 0.1) is 6.54 Å². The van der Waals surface area contributed by atoms with Gasteiger partial charge in [-0.15, -0.1) is 0 Å². The van der Waals surface area contributed by atoms with Crippen molar-refractivity contribution >= 4 is 22.6 Å². The molecule has 0 saturated carbocycles. The molecule has 3 aromatic heterocycles. The highest BCUT2D eigenvalue weighted by molar-refractivity contribution is 5.82. The van der Waals surface area contributed by atoms with Crippen molar-refractivity contribution in [3.8, 4) is 0 Å². The Morgan fingerprint density at radius 2 is 1.97 bits per heavy atom. The fourth-order valence-electron chi connectivity index (χ4n) is 4.57. The number of aryl methyl sites for hydroxylation is 4. The van der Waals surface area contributed by atoms with Gasteiger partial charge in [-0.25, -0.2) is 4.98 Å². The summed E-state index contributed by atoms with van der Waals surface area (Å²) in [6.45, 7) is 6.89. The number of H-pyrrole nitrogens is 1. The maximum atomic E-state index is 13.2. The number of hydrogen-bond acceptors (Lipinski definition) is 5. The Labute approximate surface area is 197 Å². The first-order valence-electron chi connectivity index (χ1n) is 11.5. The van der Waals surface area contributed by atoms with E-state index in [1.807, 2.05) is 39.1 Å². The van der Waals surface area contributed by atoms with Crippen molar-refractivity contribution in [2.45, 2.75) is 52.7 Å². The Morgan fingerprint density at radius 3 is 2.82 bits per heavy atom. The van der Waals surface area contributed by atoms with Crippen molar-refractivity contribution in [2.75, 3.05) is 5.32 Å². The lowest BCUT2D eigenvalue weighted by Crippen LogP contribution is -2.36. The number of hydrogen-bond donors (Lipinski definition) is 3. The van der Waals surface area contributed by atoms with Crippen LogP contribution in [0.5, 0.6) is 0 Å². The standard InChI is InChI=1S/C26H28N6O2/c1-15-4-5-16(2)18(8-15)11-28-24-26(34)32-21(14-29-24)6-7-23(32)25(33)30-13-20-10-19-12-27-17(3)9-22(19)31-20/h4-5,8-10,12,14,23,31H,6-7,11,13H2,1-3H3,(H,28,29)(H,30,33)/t23-/m0/s1. The third kappa shape index (κ3) is 4.19. The van der Waals surface area contributed by atoms with Crippen LogP contribution in [0.3, 0.4) is 0 Å². The molecule has 0 radical (unpaired) electrons. The van der Waals surface area contributed by atoms with Gasteiger partial charge in [-0.05, 0) is 56.9 Å². The Bertz CT molecular complexity index is 1450. The van der Waals surface area contributed by atoms with Gasteiger partial charge in [0.1, 0.15) is 6.04 Å². The van der Waals surface area contributed by atoms with Gasteiger partial charge in [0, 0.05) is 46.9 Å². The van der Waals surface area contributed by atoms with Crippen molar-refractivity contribution in [1.29, 1.82) is 0 Å². The first kappa shape index (κ1) is 21.9. The number of carbonyl (C=O) groups excluding carboxylic acids is 1. The Morgan fingerprint density at radius 1 is 1.12 bits per heavy atom. The SMILES string of the molecule is Cc1ccc(C)c(CNc2ncc3n(c2=O)[C@H](C(=O)NCc2cc4cnc(C)cc4[nH]2)CC3)c1. The molecule has 8 nitrogen and oxygen atoms in total. The summed E-state index contributed by atoms with van der Waals surface area (Å²) in [6, 6.07) is 9.66. The van der Waals surface area contributed by atoms with E-state index in [-0.39, 0.29) is 17.3 Å². The first-order chi connectivity index (χ1) is 16.4. The summed E-state index contributed by atoms with van der Waals surface area (Å²) >= 11 is 0. The molecule has 0 spiro atoms. The van der Waals surface area contributed by atoms with Crippen LogP contribution < -0.4 is 16.2 Å². The molecular formula is C26H28N6O2. The highest BCUT2D eigenvalue weighted by Gasteiger charge is 2.30. The molecule has 4 aromatic rings. The third-order valence-corrected chi connectivity index (χ3v) is 6.46. The molecule has 1 aliphatic heterocycles. The fraction of sp³-hybridized carbons (Fsp3) is 0.308. The minimum Gasteiger partial charge on any atom is -0.361 e. The number of amides is 1. The van der Waals surface area contributed by atoms with Gasteiger partial charge in [0.25, 0.3) is 5.56 Å². The van der Waals surface area contributed by atoms with Crippen LogP contribution in [0.4, 0.5) is 5.82 Å². The van der Waals surface area contributed by atoms with Crippen LogP contribution in [0.1, 0.15) is 46.2 Å². The summed E-state index contributed by atoms with van der Waals surface area (Å²) in [6.07, 6.45) is 4.75. The lowest BCUT2D eigenvalue weighted by molar-refractivity contribution is -0.124. The Kier molecular flexibility index (Phi) is 5.65. The second-order valence-electron chi connectivity index (χ2n) is 9.04. The molecule has 0 fully saturated rings. The molecule has 1 aliphatic rings. The summed E-state index contributed by atoms with van der Waals surface area (Å²) in [5.41, 5.74) is 6.78. The van der Waals surface area contributed by atoms with Crippen molar-refractivity contribution in [3.63, 3.8) is 0 Å². The van der Waals surface area contributed by atoms with Crippen LogP contribution in [-0.2, 0) is 24.3 Å². The summed E-state index contributed by atoms with van der Waals surface area (Å²) in [4.78, 5) is 38.2. The number of fused-ring (bicyclic) bond motifs is 2. The lowest BCUT2D eigenvalue weighted by atomic mass is 10.1. The van der Waals surface area contributed by atoms with E-state index in [9.17, 15) is 9.59 Å². The zero-order chi connectivity index (χ0) is 23.8. The van der Waals surface area contributed by atoms with Crippen LogP contribution in [0.25, 0.3) is 10.9 Å². The lowest BCUT2D eigenvalue weighted by Gasteiger charge is -2.16. The Hall–Kier alpha value is -3.94. The number of pyridine rings is 1. The normalized spacial score (nSPS) is 14.9. The topological polar surface area (TPSA) is 105 Å². The Balaban J connectivity index is 1.30. The van der Waals surface area contributed by atoms with Gasteiger partial charge < -0.3 is 15.6 Å². The van der Waals surface area contributed by atoms with E-state index in [0.29, 0.717) is 25.9 Å². The number of aromatic amines is 1. The molecule has 1 atom stereocenters. The first-order valence-corrected chi connectivity index (χ1v) is 11.5. The molecule has 4 heterocycles. The summed E-state index contributed by atoms with van der Waals surface area (Å²) in [7, 11) is 0. The largest absolute Gasteiger partial charge is 0.361 e. The van der Waals surface area contributed by atoms with E-state index in [0.717, 1.165) is 39.1 Å². The highest BCUT2D eigenvalue weighted by Crippen LogP contribution is 2.24. The molecule has 3 N–H and O–H groups in total. The van der Waals surface area contributed by atoms with Gasteiger partial charge in [-0.2, -0.15) is 0 Å². The second kappa shape index (κ2) is 8.78. The van der Waals surface area contributed by atoms with Crippen molar-refractivity contribution < 1.29 is 4.79 Å². The van der Waals surface area contributed by atoms with Gasteiger partial charge in [-0.3, -0.25) is 19.1 Å². The molecule has 0 saturated heterocycles. The van der Waals surface area contributed by atoms with Gasteiger partial charge in [0.2, 0.25) is 5.91 Å². The number of anilines is 1.